The number of aliphatic hydroxyl groups excluding tert-OH is 1. The Labute approximate surface area is 199 Å². The summed E-state index contributed by atoms with van der Waals surface area (Å²) in [7, 11) is -4.04. The first-order valence-corrected chi connectivity index (χ1v) is 12.5. The average molecular weight is 487 g/mol. The topological polar surface area (TPSA) is 98.1 Å². The van der Waals surface area contributed by atoms with Crippen molar-refractivity contribution in [3.63, 3.8) is 0 Å². The molecule has 3 aromatic rings. The van der Waals surface area contributed by atoms with Crippen molar-refractivity contribution in [3.8, 4) is 0 Å². The number of para-hydroxylation sites is 1. The fourth-order valence-electron chi connectivity index (χ4n) is 4.25. The molecule has 182 valence electrons. The third kappa shape index (κ3) is 4.31. The number of nitrogens with zero attached hydrogens (tertiary/aromatic N) is 2. The number of ether oxygens (including phenoxy) is 2. The number of rotatable bonds is 4. The van der Waals surface area contributed by atoms with Gasteiger partial charge in [0.15, 0.2) is 0 Å². The number of fused-ring (bicyclic) bond motifs is 1. The van der Waals surface area contributed by atoms with Gasteiger partial charge in [-0.1, -0.05) is 36.4 Å². The molecule has 0 aliphatic carbocycles. The fourth-order valence-corrected chi connectivity index (χ4v) is 5.83. The first kappa shape index (κ1) is 24.3. The molecule has 9 heteroatoms. The maximum absolute atomic E-state index is 13.7. The van der Waals surface area contributed by atoms with Gasteiger partial charge in [0, 0.05) is 5.39 Å². The number of carbonyl (C=O) groups excluding carboxylic acids is 1. The van der Waals surface area contributed by atoms with E-state index in [1.807, 2.05) is 0 Å². The Morgan fingerprint density at radius 1 is 1.12 bits per heavy atom. The molecule has 0 bridgehead atoms. The van der Waals surface area contributed by atoms with Gasteiger partial charge in [-0.25, -0.2) is 17.2 Å². The van der Waals surface area contributed by atoms with Gasteiger partial charge in [-0.2, -0.15) is 0 Å². The predicted molar refractivity (Wildman–Crippen MR) is 128 cm³/mol. The molecule has 8 nitrogen and oxygen atoms in total. The molecule has 4 rings (SSSR count). The summed E-state index contributed by atoms with van der Waals surface area (Å²) in [5.74, 6) is 0. The van der Waals surface area contributed by atoms with Crippen LogP contribution in [0.5, 0.6) is 0 Å². The maximum Gasteiger partial charge on any atom is 0.413 e. The number of aliphatic hydroxyl groups is 1. The molecule has 1 amide bonds. The lowest BCUT2D eigenvalue weighted by atomic mass is 10.1. The van der Waals surface area contributed by atoms with Gasteiger partial charge in [-0.15, -0.1) is 0 Å². The van der Waals surface area contributed by atoms with Gasteiger partial charge < -0.3 is 14.6 Å². The second-order valence-corrected chi connectivity index (χ2v) is 11.6. The lowest BCUT2D eigenvalue weighted by Gasteiger charge is -2.36. The van der Waals surface area contributed by atoms with Crippen LogP contribution in [-0.4, -0.2) is 52.5 Å². The molecular weight excluding hydrogens is 456 g/mol. The highest BCUT2D eigenvalue weighted by Crippen LogP contribution is 2.38. The normalized spacial score (nSPS) is 19.4. The Hall–Kier alpha value is -2.88. The lowest BCUT2D eigenvalue weighted by Crippen LogP contribution is -2.51. The summed E-state index contributed by atoms with van der Waals surface area (Å²) < 4.78 is 39.9. The number of aromatic nitrogens is 1. The molecule has 1 N–H and O–H groups in total. The minimum Gasteiger partial charge on any atom is -0.444 e. The van der Waals surface area contributed by atoms with Crippen LogP contribution in [0.15, 0.2) is 65.6 Å². The van der Waals surface area contributed by atoms with Crippen LogP contribution in [0.25, 0.3) is 10.9 Å². The monoisotopic (exact) mass is 486 g/mol. The highest BCUT2D eigenvalue weighted by molar-refractivity contribution is 7.90. The zero-order valence-electron chi connectivity index (χ0n) is 19.9. The molecule has 0 unspecified atom stereocenters. The summed E-state index contributed by atoms with van der Waals surface area (Å²) in [6, 6.07) is 15.8. The van der Waals surface area contributed by atoms with Crippen LogP contribution in [0.3, 0.4) is 0 Å². The summed E-state index contributed by atoms with van der Waals surface area (Å²) in [6.07, 6.45) is -2.01. The number of carbonyl (C=O) groups is 1. The highest BCUT2D eigenvalue weighted by atomic mass is 32.2. The zero-order valence-corrected chi connectivity index (χ0v) is 20.7. The van der Waals surface area contributed by atoms with E-state index in [4.69, 9.17) is 9.47 Å². The molecule has 1 aromatic heterocycles. The molecule has 0 radical (unpaired) electrons. The van der Waals surface area contributed by atoms with Gasteiger partial charge in [0.2, 0.25) is 0 Å². The van der Waals surface area contributed by atoms with Crippen molar-refractivity contribution in [2.24, 2.45) is 0 Å². The van der Waals surface area contributed by atoms with E-state index in [0.717, 1.165) is 3.97 Å². The van der Waals surface area contributed by atoms with E-state index in [1.54, 1.807) is 83.1 Å². The zero-order chi connectivity index (χ0) is 24.9. The van der Waals surface area contributed by atoms with Crippen LogP contribution in [0.2, 0.25) is 0 Å². The summed E-state index contributed by atoms with van der Waals surface area (Å²) in [4.78, 5) is 14.5. The predicted octanol–water partition coefficient (Wildman–Crippen LogP) is 4.28. The second-order valence-electron chi connectivity index (χ2n) is 9.83. The number of hydrogen-bond donors (Lipinski definition) is 1. The standard InChI is InChI=1S/C25H30N2O6S/c1-24(2,3)33-23(29)26-21(16-32-25(26,4)5)22(28)20-15-17-11-9-10-14-19(17)27(20)34(30,31)18-12-7-6-8-13-18/h6-15,21-22,28H,16H2,1-5H3/t21-,22+/m0/s1. The molecule has 2 heterocycles. The van der Waals surface area contributed by atoms with Crippen LogP contribution in [0.1, 0.15) is 46.4 Å². The van der Waals surface area contributed by atoms with Crippen molar-refractivity contribution in [2.45, 2.75) is 63.0 Å². The van der Waals surface area contributed by atoms with Crippen molar-refractivity contribution >= 4 is 27.0 Å². The van der Waals surface area contributed by atoms with E-state index in [0.29, 0.717) is 10.9 Å². The largest absolute Gasteiger partial charge is 0.444 e. The Bertz CT molecular complexity index is 1310. The van der Waals surface area contributed by atoms with Crippen molar-refractivity contribution in [3.05, 3.63) is 66.4 Å². The van der Waals surface area contributed by atoms with Crippen LogP contribution < -0.4 is 0 Å². The second kappa shape index (κ2) is 8.41. The fraction of sp³-hybridized carbons (Fsp3) is 0.400. The first-order valence-electron chi connectivity index (χ1n) is 11.1. The molecule has 1 fully saturated rings. The van der Waals surface area contributed by atoms with Crippen LogP contribution in [-0.2, 0) is 19.5 Å². The van der Waals surface area contributed by atoms with Crippen LogP contribution in [0, 0.1) is 0 Å². The van der Waals surface area contributed by atoms with E-state index in [1.165, 1.54) is 17.0 Å². The van der Waals surface area contributed by atoms with E-state index >= 15 is 0 Å². The van der Waals surface area contributed by atoms with Crippen LogP contribution >= 0.6 is 0 Å². The van der Waals surface area contributed by atoms with Gasteiger partial charge in [0.25, 0.3) is 10.0 Å². The van der Waals surface area contributed by atoms with Crippen molar-refractivity contribution in [2.75, 3.05) is 6.61 Å². The molecule has 1 saturated heterocycles. The van der Waals surface area contributed by atoms with Gasteiger partial charge in [-0.3, -0.25) is 4.90 Å². The Balaban J connectivity index is 1.84. The van der Waals surface area contributed by atoms with Crippen molar-refractivity contribution < 1.29 is 27.8 Å². The third-order valence-electron chi connectivity index (χ3n) is 5.75. The average Bonchev–Trinajstić information content (AvgIpc) is 3.30. The highest BCUT2D eigenvalue weighted by Gasteiger charge is 2.49. The third-order valence-corrected chi connectivity index (χ3v) is 7.51. The molecule has 34 heavy (non-hydrogen) atoms. The first-order chi connectivity index (χ1) is 15.8. The van der Waals surface area contributed by atoms with Gasteiger partial charge in [-0.05, 0) is 58.9 Å². The Morgan fingerprint density at radius 3 is 2.38 bits per heavy atom. The Morgan fingerprint density at radius 2 is 1.74 bits per heavy atom. The minimum absolute atomic E-state index is 0.0142. The minimum atomic E-state index is -4.04. The van der Waals surface area contributed by atoms with Gasteiger partial charge in [0.1, 0.15) is 17.4 Å². The summed E-state index contributed by atoms with van der Waals surface area (Å²) in [5.41, 5.74) is -1.23. The maximum atomic E-state index is 13.7. The molecule has 2 atom stereocenters. The SMILES string of the molecule is CC(C)(C)OC(=O)N1[C@H]([C@H](O)c2cc3ccccc3n2S(=O)(=O)c2ccccc2)COC1(C)C. The van der Waals surface area contributed by atoms with E-state index in [2.05, 4.69) is 0 Å². The van der Waals surface area contributed by atoms with Gasteiger partial charge >= 0.3 is 6.09 Å². The van der Waals surface area contributed by atoms with Crippen molar-refractivity contribution in [1.29, 1.82) is 0 Å². The number of benzene rings is 2. The van der Waals surface area contributed by atoms with E-state index in [-0.39, 0.29) is 17.2 Å². The number of amides is 1. The Kier molecular flexibility index (Phi) is 6.00. The molecule has 0 saturated carbocycles. The summed E-state index contributed by atoms with van der Waals surface area (Å²) in [5, 5.41) is 12.2. The molecule has 2 aromatic carbocycles. The smallest absolute Gasteiger partial charge is 0.413 e. The lowest BCUT2D eigenvalue weighted by molar-refractivity contribution is -0.0681. The van der Waals surface area contributed by atoms with E-state index < -0.39 is 39.6 Å². The molecule has 0 spiro atoms. The van der Waals surface area contributed by atoms with Gasteiger partial charge in [0.05, 0.1) is 28.8 Å². The molecule has 1 aliphatic heterocycles. The summed E-state index contributed by atoms with van der Waals surface area (Å²) >= 11 is 0. The molecular formula is C25H30N2O6S. The summed E-state index contributed by atoms with van der Waals surface area (Å²) in [6.45, 7) is 8.69. The van der Waals surface area contributed by atoms with Crippen molar-refractivity contribution in [1.82, 2.24) is 8.87 Å². The molecule has 1 aliphatic rings. The van der Waals surface area contributed by atoms with Crippen LogP contribution in [0.4, 0.5) is 4.79 Å². The van der Waals surface area contributed by atoms with E-state index in [9.17, 15) is 18.3 Å². The quantitative estimate of drug-likeness (QED) is 0.591. The number of hydrogen-bond acceptors (Lipinski definition) is 6.